The van der Waals surface area contributed by atoms with Crippen LogP contribution in [-0.4, -0.2) is 71.0 Å². The molecule has 0 saturated carbocycles. The summed E-state index contributed by atoms with van der Waals surface area (Å²) >= 11 is 12.2. The van der Waals surface area contributed by atoms with Crippen molar-refractivity contribution < 1.29 is 14.3 Å². The lowest BCUT2D eigenvalue weighted by atomic mass is 9.97. The molecule has 1 fully saturated rings. The van der Waals surface area contributed by atoms with Gasteiger partial charge in [0.25, 0.3) is 11.5 Å². The summed E-state index contributed by atoms with van der Waals surface area (Å²) in [7, 11) is 0. The Morgan fingerprint density at radius 1 is 1.00 bits per heavy atom. The van der Waals surface area contributed by atoms with Gasteiger partial charge in [-0.3, -0.25) is 19.5 Å². The number of hydrogen-bond acceptors (Lipinski definition) is 8. The van der Waals surface area contributed by atoms with Crippen LogP contribution in [0.15, 0.2) is 65.7 Å². The molecule has 0 radical (unpaired) electrons. The largest absolute Gasteiger partial charge is 0.379 e. The molecule has 46 heavy (non-hydrogen) atoms. The van der Waals surface area contributed by atoms with Gasteiger partial charge in [-0.1, -0.05) is 41.4 Å². The fourth-order valence-corrected chi connectivity index (χ4v) is 5.35. The molecule has 1 aliphatic heterocycles. The van der Waals surface area contributed by atoms with Gasteiger partial charge in [0.1, 0.15) is 5.69 Å². The van der Waals surface area contributed by atoms with E-state index in [4.69, 9.17) is 27.9 Å². The number of nitrogens with zero attached hydrogens (tertiary/aromatic N) is 5. The molecule has 2 aromatic heterocycles. The summed E-state index contributed by atoms with van der Waals surface area (Å²) in [5, 5.41) is 22.5. The van der Waals surface area contributed by atoms with Crippen LogP contribution in [-0.2, 0) is 11.3 Å². The van der Waals surface area contributed by atoms with Crippen LogP contribution in [0.4, 0.5) is 16.2 Å². The first-order chi connectivity index (χ1) is 22.2. The summed E-state index contributed by atoms with van der Waals surface area (Å²) in [5.74, 6) is -0.275. The number of amides is 3. The Balaban J connectivity index is 1.39. The maximum absolute atomic E-state index is 13.0. The third-order valence-electron chi connectivity index (χ3n) is 7.25. The number of carbonyl (C=O) groups excluding carboxylic acids is 2. The van der Waals surface area contributed by atoms with Gasteiger partial charge in [0.2, 0.25) is 0 Å². The quantitative estimate of drug-likeness (QED) is 0.230. The van der Waals surface area contributed by atoms with Gasteiger partial charge in [-0.15, -0.1) is 0 Å². The molecule has 0 spiro atoms. The first kappa shape index (κ1) is 32.6. The number of urea groups is 1. The Morgan fingerprint density at radius 3 is 2.46 bits per heavy atom. The molecule has 12 nitrogen and oxygen atoms in total. The molecule has 0 bridgehead atoms. The van der Waals surface area contributed by atoms with Crippen LogP contribution in [0.25, 0.3) is 22.4 Å². The minimum Gasteiger partial charge on any atom is -0.379 e. The fourth-order valence-electron chi connectivity index (χ4n) is 4.89. The second kappa shape index (κ2) is 15.0. The lowest BCUT2D eigenvalue weighted by Gasteiger charge is -2.26. The Hall–Kier alpha value is -4.80. The topological polar surface area (TPSA) is 154 Å². The number of nitrogens with one attached hydrogen (secondary N) is 3. The molecule has 0 atom stereocenters. The van der Waals surface area contributed by atoms with Crippen LogP contribution in [0, 0.1) is 11.3 Å². The minimum atomic E-state index is -0.732. The molecule has 0 aliphatic carbocycles. The maximum Gasteiger partial charge on any atom is 0.323 e. The average molecular weight is 662 g/mol. The summed E-state index contributed by atoms with van der Waals surface area (Å²) in [5.41, 5.74) is 2.77. The van der Waals surface area contributed by atoms with Crippen LogP contribution in [0.5, 0.6) is 0 Å². The summed E-state index contributed by atoms with van der Waals surface area (Å²) < 4.78 is 6.61. The number of aryl methyl sites for hydroxylation is 1. The van der Waals surface area contributed by atoms with Crippen molar-refractivity contribution in [2.75, 3.05) is 50.0 Å². The zero-order chi connectivity index (χ0) is 32.6. The van der Waals surface area contributed by atoms with E-state index in [0.29, 0.717) is 54.3 Å². The number of morpholine rings is 1. The Kier molecular flexibility index (Phi) is 10.6. The average Bonchev–Trinajstić information content (AvgIpc) is 3.07. The van der Waals surface area contributed by atoms with Gasteiger partial charge in [0, 0.05) is 56.2 Å². The second-order valence-electron chi connectivity index (χ2n) is 10.3. The summed E-state index contributed by atoms with van der Waals surface area (Å²) in [4.78, 5) is 45.0. The molecular formula is C32H30Cl2N8O4. The standard InChI is InChI=1S/C32H30Cl2N8O4/c1-2-42-31(44)28(38-32(45)39-29-25(33)18-36-19-26(29)34)16-27(40-42)22-5-3-4-21(14-22)23-12-20(17-35)13-24(15-23)30(43)37-6-7-41-8-10-46-11-9-41/h3-5,12-16,18-19H,2,6-11H2,1H3,(H,37,43)(H2,36,38,39,45). The molecule has 14 heteroatoms. The van der Waals surface area contributed by atoms with Gasteiger partial charge in [0.15, 0.2) is 0 Å². The molecule has 2 aromatic carbocycles. The van der Waals surface area contributed by atoms with E-state index >= 15 is 0 Å². The van der Waals surface area contributed by atoms with Crippen LogP contribution in [0.2, 0.25) is 10.0 Å². The van der Waals surface area contributed by atoms with Crippen molar-refractivity contribution in [3.8, 4) is 28.5 Å². The van der Waals surface area contributed by atoms with Crippen molar-refractivity contribution in [2.45, 2.75) is 13.5 Å². The van der Waals surface area contributed by atoms with Gasteiger partial charge in [0.05, 0.1) is 46.3 Å². The van der Waals surface area contributed by atoms with Crippen LogP contribution in [0.3, 0.4) is 0 Å². The third-order valence-corrected chi connectivity index (χ3v) is 7.82. The number of anilines is 2. The van der Waals surface area contributed by atoms with E-state index in [2.05, 4.69) is 37.0 Å². The molecule has 5 rings (SSSR count). The highest BCUT2D eigenvalue weighted by atomic mass is 35.5. The summed E-state index contributed by atoms with van der Waals surface area (Å²) in [6, 6.07) is 15.2. The normalized spacial score (nSPS) is 13.1. The second-order valence-corrected chi connectivity index (χ2v) is 11.1. The van der Waals surface area contributed by atoms with Crippen molar-refractivity contribution in [3.63, 3.8) is 0 Å². The van der Waals surface area contributed by atoms with E-state index in [9.17, 15) is 19.6 Å². The van der Waals surface area contributed by atoms with Crippen molar-refractivity contribution in [2.24, 2.45) is 0 Å². The lowest BCUT2D eigenvalue weighted by molar-refractivity contribution is 0.0383. The Labute approximate surface area is 274 Å². The lowest BCUT2D eigenvalue weighted by Crippen LogP contribution is -2.41. The smallest absolute Gasteiger partial charge is 0.323 e. The van der Waals surface area contributed by atoms with Gasteiger partial charge in [-0.05, 0) is 48.4 Å². The molecule has 3 amide bonds. The number of aromatic nitrogens is 3. The summed E-state index contributed by atoms with van der Waals surface area (Å²) in [6.45, 7) is 6.19. The number of carbonyl (C=O) groups is 2. The molecule has 1 saturated heterocycles. The molecule has 3 N–H and O–H groups in total. The van der Waals surface area contributed by atoms with Crippen molar-refractivity contribution in [1.82, 2.24) is 25.0 Å². The molecule has 3 heterocycles. The highest BCUT2D eigenvalue weighted by Gasteiger charge is 2.17. The SMILES string of the molecule is CCn1nc(-c2cccc(-c3cc(C#N)cc(C(=O)NCCN4CCOCC4)c3)c2)cc(NC(=O)Nc2c(Cl)cncc2Cl)c1=O. The number of halogens is 2. The molecule has 236 valence electrons. The fraction of sp³-hybridized carbons (Fsp3) is 0.250. The minimum absolute atomic E-state index is 0.0152. The zero-order valence-corrected chi connectivity index (χ0v) is 26.4. The van der Waals surface area contributed by atoms with Crippen molar-refractivity contribution in [1.29, 1.82) is 5.26 Å². The van der Waals surface area contributed by atoms with E-state index in [-0.39, 0.29) is 33.9 Å². The highest BCUT2D eigenvalue weighted by Crippen LogP contribution is 2.30. The molecule has 4 aromatic rings. The van der Waals surface area contributed by atoms with E-state index < -0.39 is 11.6 Å². The summed E-state index contributed by atoms with van der Waals surface area (Å²) in [6.07, 6.45) is 2.66. The third kappa shape index (κ3) is 7.88. The number of ether oxygens (including phenoxy) is 1. The first-order valence-corrected chi connectivity index (χ1v) is 15.2. The van der Waals surface area contributed by atoms with Gasteiger partial charge in [-0.25, -0.2) is 9.48 Å². The van der Waals surface area contributed by atoms with E-state index in [1.807, 2.05) is 24.3 Å². The van der Waals surface area contributed by atoms with Gasteiger partial charge < -0.3 is 20.7 Å². The highest BCUT2D eigenvalue weighted by molar-refractivity contribution is 6.39. The van der Waals surface area contributed by atoms with Crippen LogP contribution in [0.1, 0.15) is 22.8 Å². The monoisotopic (exact) mass is 660 g/mol. The molecular weight excluding hydrogens is 631 g/mol. The number of nitriles is 1. The number of pyridine rings is 1. The maximum atomic E-state index is 13.0. The van der Waals surface area contributed by atoms with Gasteiger partial charge >= 0.3 is 6.03 Å². The van der Waals surface area contributed by atoms with Gasteiger partial charge in [-0.2, -0.15) is 10.4 Å². The van der Waals surface area contributed by atoms with Crippen molar-refractivity contribution >= 4 is 46.5 Å². The Bertz CT molecular complexity index is 1850. The number of rotatable bonds is 9. The van der Waals surface area contributed by atoms with Crippen LogP contribution < -0.4 is 21.5 Å². The van der Waals surface area contributed by atoms with Crippen LogP contribution >= 0.6 is 23.2 Å². The molecule has 0 unspecified atom stereocenters. The predicted octanol–water partition coefficient (Wildman–Crippen LogP) is 4.88. The first-order valence-electron chi connectivity index (χ1n) is 14.5. The van der Waals surface area contributed by atoms with E-state index in [1.165, 1.54) is 23.1 Å². The van der Waals surface area contributed by atoms with E-state index in [1.54, 1.807) is 25.1 Å². The molecule has 1 aliphatic rings. The predicted molar refractivity (Wildman–Crippen MR) is 176 cm³/mol. The zero-order valence-electron chi connectivity index (χ0n) is 24.8. The Morgan fingerprint density at radius 2 is 1.74 bits per heavy atom. The number of benzene rings is 2. The number of hydrogen-bond donors (Lipinski definition) is 3. The van der Waals surface area contributed by atoms with E-state index in [0.717, 1.165) is 18.7 Å². The van der Waals surface area contributed by atoms with Crippen molar-refractivity contribution in [3.05, 3.63) is 92.5 Å².